The van der Waals surface area contributed by atoms with Crippen molar-refractivity contribution < 1.29 is 14.3 Å². The summed E-state index contributed by atoms with van der Waals surface area (Å²) in [6, 6.07) is 8.17. The molecule has 1 unspecified atom stereocenters. The molecule has 0 saturated heterocycles. The Kier molecular flexibility index (Phi) is 8.09. The summed E-state index contributed by atoms with van der Waals surface area (Å²) < 4.78 is 10.6. The van der Waals surface area contributed by atoms with Crippen LogP contribution < -0.4 is 15.8 Å². The van der Waals surface area contributed by atoms with E-state index in [0.717, 1.165) is 43.4 Å². The summed E-state index contributed by atoms with van der Waals surface area (Å²) in [6.45, 7) is 3.66. The number of hydrogen-bond acceptors (Lipinski definition) is 4. The summed E-state index contributed by atoms with van der Waals surface area (Å²) in [7, 11) is 0. The second kappa shape index (κ2) is 10.6. The van der Waals surface area contributed by atoms with E-state index >= 15 is 0 Å². The minimum Gasteiger partial charge on any atom is -0.493 e. The molecule has 1 aliphatic rings. The molecular weight excluding hydrogens is 318 g/mol. The zero-order chi connectivity index (χ0) is 17.9. The molecule has 1 atom stereocenters. The van der Waals surface area contributed by atoms with Crippen molar-refractivity contribution in [2.24, 2.45) is 10.7 Å². The summed E-state index contributed by atoms with van der Waals surface area (Å²) >= 11 is 0. The smallest absolute Gasteiger partial charge is 0.305 e. The Morgan fingerprint density at radius 2 is 2.12 bits per heavy atom. The highest BCUT2D eigenvalue weighted by molar-refractivity contribution is 5.78. The van der Waals surface area contributed by atoms with E-state index in [2.05, 4.69) is 16.4 Å². The Hall–Kier alpha value is -2.24. The molecule has 138 valence electrons. The largest absolute Gasteiger partial charge is 0.493 e. The number of rotatable bonds is 9. The lowest BCUT2D eigenvalue weighted by atomic mass is 10.0. The van der Waals surface area contributed by atoms with Gasteiger partial charge in [0.1, 0.15) is 5.75 Å². The van der Waals surface area contributed by atoms with Crippen LogP contribution in [0.5, 0.6) is 5.75 Å². The maximum Gasteiger partial charge on any atom is 0.305 e. The molecule has 1 aromatic carbocycles. The van der Waals surface area contributed by atoms with Gasteiger partial charge in [0.15, 0.2) is 5.96 Å². The Balaban J connectivity index is 1.63. The van der Waals surface area contributed by atoms with E-state index in [9.17, 15) is 4.79 Å². The van der Waals surface area contributed by atoms with E-state index in [4.69, 9.17) is 15.2 Å². The van der Waals surface area contributed by atoms with E-state index in [1.54, 1.807) is 0 Å². The number of carbonyl (C=O) groups excluding carboxylic acids is 1. The lowest BCUT2D eigenvalue weighted by Crippen LogP contribution is -2.37. The first-order valence-corrected chi connectivity index (χ1v) is 9.14. The molecule has 0 aliphatic carbocycles. The van der Waals surface area contributed by atoms with Crippen LogP contribution in [0.2, 0.25) is 0 Å². The third-order valence-electron chi connectivity index (χ3n) is 4.16. The number of fused-ring (bicyclic) bond motifs is 1. The van der Waals surface area contributed by atoms with Gasteiger partial charge in [-0.05, 0) is 25.8 Å². The number of nitrogens with two attached hydrogens (primary N) is 1. The van der Waals surface area contributed by atoms with Gasteiger partial charge in [-0.15, -0.1) is 0 Å². The number of benzene rings is 1. The zero-order valence-electron chi connectivity index (χ0n) is 15.0. The van der Waals surface area contributed by atoms with Gasteiger partial charge in [0.25, 0.3) is 0 Å². The highest BCUT2D eigenvalue weighted by atomic mass is 16.5. The highest BCUT2D eigenvalue weighted by Crippen LogP contribution is 2.31. The van der Waals surface area contributed by atoms with Crippen LogP contribution in [0.15, 0.2) is 29.3 Å². The van der Waals surface area contributed by atoms with Crippen molar-refractivity contribution in [1.82, 2.24) is 5.32 Å². The molecule has 1 aromatic rings. The molecule has 1 heterocycles. The number of ether oxygens (including phenoxy) is 2. The van der Waals surface area contributed by atoms with Gasteiger partial charge in [-0.3, -0.25) is 9.79 Å². The maximum absolute atomic E-state index is 11.2. The lowest BCUT2D eigenvalue weighted by Gasteiger charge is -2.26. The van der Waals surface area contributed by atoms with Gasteiger partial charge < -0.3 is 20.5 Å². The standard InChI is InChI=1S/C19H29N3O3/c1-2-24-18(23)11-5-3-4-8-13-21-19(20)22-16-12-14-25-17-10-7-6-9-15(16)17/h6-7,9-10,16H,2-5,8,11-14H2,1H3,(H3,20,21,22). The fraction of sp³-hybridized carbons (Fsp3) is 0.579. The average molecular weight is 347 g/mol. The second-order valence-corrected chi connectivity index (χ2v) is 6.11. The van der Waals surface area contributed by atoms with Crippen molar-refractivity contribution in [3.63, 3.8) is 0 Å². The molecule has 0 bridgehead atoms. The van der Waals surface area contributed by atoms with Crippen molar-refractivity contribution in [3.05, 3.63) is 29.8 Å². The van der Waals surface area contributed by atoms with Crippen LogP contribution >= 0.6 is 0 Å². The normalized spacial score (nSPS) is 16.7. The van der Waals surface area contributed by atoms with Crippen molar-refractivity contribution in [1.29, 1.82) is 0 Å². The van der Waals surface area contributed by atoms with Crippen molar-refractivity contribution >= 4 is 11.9 Å². The van der Waals surface area contributed by atoms with Crippen molar-refractivity contribution in [2.45, 2.75) is 51.5 Å². The Bertz CT molecular complexity index is 575. The summed E-state index contributed by atoms with van der Waals surface area (Å²) in [6.07, 6.45) is 5.26. The minimum atomic E-state index is -0.106. The summed E-state index contributed by atoms with van der Waals surface area (Å²) in [5.74, 6) is 1.29. The molecular formula is C19H29N3O3. The zero-order valence-corrected chi connectivity index (χ0v) is 15.0. The number of nitrogens with one attached hydrogen (secondary N) is 1. The summed E-state index contributed by atoms with van der Waals surface area (Å²) in [4.78, 5) is 15.6. The second-order valence-electron chi connectivity index (χ2n) is 6.11. The highest BCUT2D eigenvalue weighted by Gasteiger charge is 2.21. The Labute approximate surface area is 149 Å². The first-order valence-electron chi connectivity index (χ1n) is 9.14. The molecule has 1 aliphatic heterocycles. The fourth-order valence-electron chi connectivity index (χ4n) is 2.88. The number of aliphatic imine (C=N–C) groups is 1. The minimum absolute atomic E-state index is 0.106. The number of para-hydroxylation sites is 1. The maximum atomic E-state index is 11.2. The van der Waals surface area contributed by atoms with Gasteiger partial charge in [-0.25, -0.2) is 0 Å². The molecule has 0 radical (unpaired) electrons. The third kappa shape index (κ3) is 6.64. The number of nitrogens with zero attached hydrogens (tertiary/aromatic N) is 1. The molecule has 6 heteroatoms. The van der Waals surface area contributed by atoms with Crippen LogP contribution in [0.3, 0.4) is 0 Å². The molecule has 0 amide bonds. The van der Waals surface area contributed by atoms with Crippen LogP contribution in [0.1, 0.15) is 57.1 Å². The van der Waals surface area contributed by atoms with E-state index < -0.39 is 0 Å². The molecule has 3 N–H and O–H groups in total. The molecule has 25 heavy (non-hydrogen) atoms. The molecule has 0 spiro atoms. The average Bonchev–Trinajstić information content (AvgIpc) is 2.61. The number of guanidine groups is 1. The summed E-state index contributed by atoms with van der Waals surface area (Å²) in [5.41, 5.74) is 7.14. The molecule has 6 nitrogen and oxygen atoms in total. The number of esters is 1. The van der Waals surface area contributed by atoms with Crippen LogP contribution in [0.4, 0.5) is 0 Å². The number of hydrogen-bond donors (Lipinski definition) is 2. The summed E-state index contributed by atoms with van der Waals surface area (Å²) in [5, 5.41) is 3.29. The van der Waals surface area contributed by atoms with Crippen LogP contribution in [-0.4, -0.2) is 31.7 Å². The number of carbonyl (C=O) groups is 1. The van der Waals surface area contributed by atoms with E-state index in [0.29, 0.717) is 32.1 Å². The van der Waals surface area contributed by atoms with Gasteiger partial charge in [0.05, 0.1) is 19.3 Å². The molecule has 0 aromatic heterocycles. The molecule has 0 saturated carbocycles. The number of unbranched alkanes of at least 4 members (excludes halogenated alkanes) is 3. The molecule has 2 rings (SSSR count). The van der Waals surface area contributed by atoms with E-state index in [1.807, 2.05) is 25.1 Å². The van der Waals surface area contributed by atoms with Gasteiger partial charge in [-0.1, -0.05) is 31.0 Å². The predicted molar refractivity (Wildman–Crippen MR) is 98.6 cm³/mol. The van der Waals surface area contributed by atoms with Gasteiger partial charge in [-0.2, -0.15) is 0 Å². The monoisotopic (exact) mass is 347 g/mol. The Morgan fingerprint density at radius 3 is 2.96 bits per heavy atom. The first kappa shape index (κ1) is 19.1. The van der Waals surface area contributed by atoms with E-state index in [-0.39, 0.29) is 12.0 Å². The van der Waals surface area contributed by atoms with E-state index in [1.165, 1.54) is 0 Å². The quantitative estimate of drug-likeness (QED) is 0.310. The molecule has 0 fully saturated rings. The fourth-order valence-corrected chi connectivity index (χ4v) is 2.88. The topological polar surface area (TPSA) is 85.9 Å². The third-order valence-corrected chi connectivity index (χ3v) is 4.16. The first-order chi connectivity index (χ1) is 12.2. The SMILES string of the molecule is CCOC(=O)CCCCCCN=C(N)NC1CCOc2ccccc21. The van der Waals surface area contributed by atoms with Gasteiger partial charge >= 0.3 is 5.97 Å². The van der Waals surface area contributed by atoms with Gasteiger partial charge in [0, 0.05) is 24.9 Å². The van der Waals surface area contributed by atoms with Crippen molar-refractivity contribution in [3.8, 4) is 5.75 Å². The lowest BCUT2D eigenvalue weighted by molar-refractivity contribution is -0.143. The van der Waals surface area contributed by atoms with Crippen LogP contribution in [0.25, 0.3) is 0 Å². The van der Waals surface area contributed by atoms with Crippen molar-refractivity contribution in [2.75, 3.05) is 19.8 Å². The predicted octanol–water partition coefficient (Wildman–Crippen LogP) is 2.93. The van der Waals surface area contributed by atoms with Crippen LogP contribution in [-0.2, 0) is 9.53 Å². The Morgan fingerprint density at radius 1 is 1.32 bits per heavy atom. The van der Waals surface area contributed by atoms with Crippen LogP contribution in [0, 0.1) is 0 Å². The van der Waals surface area contributed by atoms with Gasteiger partial charge in [0.2, 0.25) is 0 Å².